The van der Waals surface area contributed by atoms with Gasteiger partial charge in [0.1, 0.15) is 0 Å². The van der Waals surface area contributed by atoms with E-state index in [9.17, 15) is 5.11 Å². The van der Waals surface area contributed by atoms with Gasteiger partial charge in [-0.05, 0) is 31.0 Å². The molecule has 0 unspecified atom stereocenters. The summed E-state index contributed by atoms with van der Waals surface area (Å²) in [6.45, 7) is 7.37. The second kappa shape index (κ2) is 6.03. The van der Waals surface area contributed by atoms with Crippen LogP contribution in [0.5, 0.6) is 0 Å². The zero-order valence-corrected chi connectivity index (χ0v) is 12.7. The van der Waals surface area contributed by atoms with Crippen LogP contribution in [0.4, 0.5) is 0 Å². The first kappa shape index (κ1) is 14.4. The zero-order chi connectivity index (χ0) is 14.8. The molecular weight excluding hydrogens is 264 g/mol. The monoisotopic (exact) mass is 288 g/mol. The van der Waals surface area contributed by atoms with Gasteiger partial charge in [0.15, 0.2) is 0 Å². The Balaban J connectivity index is 1.71. The van der Waals surface area contributed by atoms with Crippen molar-refractivity contribution < 1.29 is 5.11 Å². The van der Waals surface area contributed by atoms with Gasteiger partial charge in [0, 0.05) is 62.7 Å². The van der Waals surface area contributed by atoms with Crippen LogP contribution >= 0.6 is 0 Å². The molecule has 1 saturated heterocycles. The molecule has 5 heteroatoms. The minimum Gasteiger partial charge on any atom is -0.396 e. The number of aromatic nitrogens is 3. The van der Waals surface area contributed by atoms with E-state index in [2.05, 4.69) is 41.1 Å². The van der Waals surface area contributed by atoms with E-state index in [1.54, 1.807) is 0 Å². The SMILES string of the molecule is CC(C)n1cc([C@@H]2CN(Cc3cc[nH]c3)C[C@H]2CO)cn1. The quantitative estimate of drug-likeness (QED) is 0.885. The van der Waals surface area contributed by atoms with Crippen LogP contribution in [0, 0.1) is 5.92 Å². The number of aliphatic hydroxyl groups is 1. The fraction of sp³-hybridized carbons (Fsp3) is 0.562. The summed E-state index contributed by atoms with van der Waals surface area (Å²) in [6.07, 6.45) is 8.10. The van der Waals surface area contributed by atoms with E-state index in [0.717, 1.165) is 19.6 Å². The van der Waals surface area contributed by atoms with Crippen molar-refractivity contribution in [3.8, 4) is 0 Å². The Morgan fingerprint density at radius 1 is 1.43 bits per heavy atom. The summed E-state index contributed by atoms with van der Waals surface area (Å²) in [4.78, 5) is 5.52. The van der Waals surface area contributed by atoms with Crippen molar-refractivity contribution in [2.45, 2.75) is 32.4 Å². The zero-order valence-electron chi connectivity index (χ0n) is 12.7. The number of likely N-dealkylation sites (tertiary alicyclic amines) is 1. The van der Waals surface area contributed by atoms with E-state index in [0.29, 0.717) is 17.9 Å². The highest BCUT2D eigenvalue weighted by Crippen LogP contribution is 2.33. The molecule has 1 aliphatic rings. The molecule has 2 atom stereocenters. The molecule has 0 amide bonds. The lowest BCUT2D eigenvalue weighted by Crippen LogP contribution is -2.20. The van der Waals surface area contributed by atoms with Crippen LogP contribution in [0.2, 0.25) is 0 Å². The van der Waals surface area contributed by atoms with Crippen LogP contribution in [0.3, 0.4) is 0 Å². The van der Waals surface area contributed by atoms with Gasteiger partial charge in [-0.15, -0.1) is 0 Å². The van der Waals surface area contributed by atoms with Crippen molar-refractivity contribution in [1.82, 2.24) is 19.7 Å². The van der Waals surface area contributed by atoms with Crippen molar-refractivity contribution in [3.63, 3.8) is 0 Å². The van der Waals surface area contributed by atoms with Crippen molar-refractivity contribution in [2.24, 2.45) is 5.92 Å². The molecule has 0 aliphatic carbocycles. The van der Waals surface area contributed by atoms with Gasteiger partial charge >= 0.3 is 0 Å². The predicted molar refractivity (Wildman–Crippen MR) is 82.0 cm³/mol. The van der Waals surface area contributed by atoms with E-state index in [1.165, 1.54) is 11.1 Å². The molecule has 0 radical (unpaired) electrons. The minimum absolute atomic E-state index is 0.237. The van der Waals surface area contributed by atoms with Crippen molar-refractivity contribution in [1.29, 1.82) is 0 Å². The van der Waals surface area contributed by atoms with Gasteiger partial charge in [0.2, 0.25) is 0 Å². The smallest absolute Gasteiger partial charge is 0.0525 e. The van der Waals surface area contributed by atoms with Gasteiger partial charge in [-0.1, -0.05) is 0 Å². The molecule has 0 spiro atoms. The van der Waals surface area contributed by atoms with Gasteiger partial charge < -0.3 is 10.1 Å². The average molecular weight is 288 g/mol. The lowest BCUT2D eigenvalue weighted by Gasteiger charge is -2.14. The third kappa shape index (κ3) is 3.04. The molecule has 0 bridgehead atoms. The Morgan fingerprint density at radius 2 is 2.29 bits per heavy atom. The topological polar surface area (TPSA) is 57.1 Å². The second-order valence-electron chi connectivity index (χ2n) is 6.31. The number of rotatable bonds is 5. The van der Waals surface area contributed by atoms with Crippen LogP contribution in [0.1, 0.15) is 36.9 Å². The fourth-order valence-electron chi connectivity index (χ4n) is 3.19. The van der Waals surface area contributed by atoms with E-state index in [4.69, 9.17) is 0 Å². The lowest BCUT2D eigenvalue weighted by molar-refractivity contribution is 0.214. The van der Waals surface area contributed by atoms with Crippen LogP contribution in [0.15, 0.2) is 30.9 Å². The Morgan fingerprint density at radius 3 is 2.90 bits per heavy atom. The lowest BCUT2D eigenvalue weighted by atomic mass is 9.92. The first-order valence-electron chi connectivity index (χ1n) is 7.66. The standard InChI is InChI=1S/C16H24N4O/c1-12(2)20-9-14(6-18-20)16-10-19(8-15(16)11-21)7-13-3-4-17-5-13/h3-6,9,12,15-17,21H,7-8,10-11H2,1-2H3/t15-,16-/m0/s1. The summed E-state index contributed by atoms with van der Waals surface area (Å²) in [5.41, 5.74) is 2.55. The summed E-state index contributed by atoms with van der Waals surface area (Å²) < 4.78 is 2.00. The van der Waals surface area contributed by atoms with Crippen molar-refractivity contribution >= 4 is 0 Å². The summed E-state index contributed by atoms with van der Waals surface area (Å²) in [5, 5.41) is 14.1. The maximum atomic E-state index is 9.70. The second-order valence-corrected chi connectivity index (χ2v) is 6.31. The van der Waals surface area contributed by atoms with Gasteiger partial charge in [0.25, 0.3) is 0 Å². The fourth-order valence-corrected chi connectivity index (χ4v) is 3.19. The summed E-state index contributed by atoms with van der Waals surface area (Å²) in [6, 6.07) is 2.49. The minimum atomic E-state index is 0.237. The Bertz CT molecular complexity index is 561. The Kier molecular flexibility index (Phi) is 4.12. The average Bonchev–Trinajstić information content (AvgIpc) is 3.18. The Labute approximate surface area is 125 Å². The number of H-pyrrole nitrogens is 1. The van der Waals surface area contributed by atoms with Gasteiger partial charge in [-0.25, -0.2) is 0 Å². The highest BCUT2D eigenvalue weighted by Gasteiger charge is 2.34. The third-order valence-corrected chi connectivity index (χ3v) is 4.40. The maximum Gasteiger partial charge on any atom is 0.0525 e. The molecular formula is C16H24N4O. The largest absolute Gasteiger partial charge is 0.396 e. The molecule has 1 fully saturated rings. The number of hydrogen-bond donors (Lipinski definition) is 2. The van der Waals surface area contributed by atoms with Crippen LogP contribution < -0.4 is 0 Å². The van der Waals surface area contributed by atoms with Crippen LogP contribution in [-0.2, 0) is 6.54 Å². The van der Waals surface area contributed by atoms with Crippen LogP contribution in [-0.4, -0.2) is 44.5 Å². The summed E-state index contributed by atoms with van der Waals surface area (Å²) in [7, 11) is 0. The van der Waals surface area contributed by atoms with Gasteiger partial charge in [-0.3, -0.25) is 9.58 Å². The third-order valence-electron chi connectivity index (χ3n) is 4.40. The first-order chi connectivity index (χ1) is 10.2. The van der Waals surface area contributed by atoms with E-state index in [-0.39, 0.29) is 6.61 Å². The summed E-state index contributed by atoms with van der Waals surface area (Å²) in [5.74, 6) is 0.676. The molecule has 2 aromatic heterocycles. The molecule has 2 aromatic rings. The highest BCUT2D eigenvalue weighted by molar-refractivity contribution is 5.17. The number of hydrogen-bond acceptors (Lipinski definition) is 3. The van der Waals surface area contributed by atoms with Gasteiger partial charge in [-0.2, -0.15) is 5.10 Å². The van der Waals surface area contributed by atoms with E-state index in [1.807, 2.05) is 23.3 Å². The highest BCUT2D eigenvalue weighted by atomic mass is 16.3. The Hall–Kier alpha value is -1.59. The molecule has 0 aromatic carbocycles. The molecule has 1 aliphatic heterocycles. The molecule has 0 saturated carbocycles. The van der Waals surface area contributed by atoms with Crippen molar-refractivity contribution in [2.75, 3.05) is 19.7 Å². The molecule has 21 heavy (non-hydrogen) atoms. The normalized spacial score (nSPS) is 23.2. The molecule has 3 heterocycles. The summed E-state index contributed by atoms with van der Waals surface area (Å²) >= 11 is 0. The molecule has 114 valence electrons. The van der Waals surface area contributed by atoms with Crippen molar-refractivity contribution in [3.05, 3.63) is 42.0 Å². The van der Waals surface area contributed by atoms with E-state index < -0.39 is 0 Å². The number of nitrogens with zero attached hydrogens (tertiary/aromatic N) is 3. The molecule has 2 N–H and O–H groups in total. The van der Waals surface area contributed by atoms with E-state index >= 15 is 0 Å². The van der Waals surface area contributed by atoms with Crippen LogP contribution in [0.25, 0.3) is 0 Å². The number of aliphatic hydroxyl groups excluding tert-OH is 1. The molecule has 5 nitrogen and oxygen atoms in total. The molecule has 3 rings (SSSR count). The number of nitrogens with one attached hydrogen (secondary N) is 1. The van der Waals surface area contributed by atoms with Gasteiger partial charge in [0.05, 0.1) is 6.20 Å². The predicted octanol–water partition coefficient (Wildman–Crippen LogP) is 2.00. The first-order valence-corrected chi connectivity index (χ1v) is 7.66. The number of aromatic amines is 1. The maximum absolute atomic E-state index is 9.70.